The van der Waals surface area contributed by atoms with Gasteiger partial charge in [0.1, 0.15) is 0 Å². The maximum Gasteiger partial charge on any atom is 0.0410 e. The molecule has 1 rings (SSSR count). The molecule has 0 unspecified atom stereocenters. The average Bonchev–Trinajstić information content (AvgIpc) is 2.34. The van der Waals surface area contributed by atoms with E-state index in [-0.39, 0.29) is 0 Å². The molecule has 9 heavy (non-hydrogen) atoms. The third-order valence-electron chi connectivity index (χ3n) is 1.43. The quantitative estimate of drug-likeness (QED) is 0.555. The van der Waals surface area contributed by atoms with E-state index < -0.39 is 0 Å². The Balaban J connectivity index is 2.05. The van der Waals surface area contributed by atoms with Crippen molar-refractivity contribution in [3.05, 3.63) is 6.92 Å². The molecule has 0 amide bonds. The lowest BCUT2D eigenvalue weighted by Crippen LogP contribution is -2.14. The Morgan fingerprint density at radius 3 is 3.11 bits per heavy atom. The molecule has 1 aliphatic heterocycles. The fourth-order valence-corrected chi connectivity index (χ4v) is 0.902. The highest BCUT2D eigenvalue weighted by molar-refractivity contribution is 5.58. The summed E-state index contributed by atoms with van der Waals surface area (Å²) in [6.07, 6.45) is 5.28. The van der Waals surface area contributed by atoms with E-state index in [9.17, 15) is 0 Å². The van der Waals surface area contributed by atoms with Crippen LogP contribution in [-0.2, 0) is 0 Å². The molecule has 0 spiro atoms. The molecule has 0 bridgehead atoms. The van der Waals surface area contributed by atoms with Gasteiger partial charge in [0, 0.05) is 25.7 Å². The van der Waals surface area contributed by atoms with E-state index >= 15 is 0 Å². The average molecular weight is 125 g/mol. The second kappa shape index (κ2) is 3.49. The normalized spacial score (nSPS) is 17.2. The molecule has 0 aromatic carbocycles. The standard InChI is InChI=1S/C7H13N2/c1-2-3-6-9-7-4-5-8-9/h5H,1-4,6-7H2. The fraction of sp³-hybridized carbons (Fsp3) is 0.714. The highest BCUT2D eigenvalue weighted by Crippen LogP contribution is 2.00. The third kappa shape index (κ3) is 2.04. The van der Waals surface area contributed by atoms with Gasteiger partial charge in [0.2, 0.25) is 0 Å². The number of rotatable bonds is 3. The van der Waals surface area contributed by atoms with Crippen molar-refractivity contribution in [2.45, 2.75) is 19.3 Å². The molecule has 1 radical (unpaired) electrons. The van der Waals surface area contributed by atoms with Crippen LogP contribution in [0.3, 0.4) is 0 Å². The van der Waals surface area contributed by atoms with Gasteiger partial charge in [-0.05, 0) is 6.42 Å². The Morgan fingerprint density at radius 1 is 1.67 bits per heavy atom. The smallest absolute Gasteiger partial charge is 0.0410 e. The number of hydrazone groups is 1. The summed E-state index contributed by atoms with van der Waals surface area (Å²) >= 11 is 0. The summed E-state index contributed by atoms with van der Waals surface area (Å²) in [5.41, 5.74) is 0. The first kappa shape index (κ1) is 6.59. The van der Waals surface area contributed by atoms with Crippen LogP contribution in [-0.4, -0.2) is 24.3 Å². The number of hydrogen-bond acceptors (Lipinski definition) is 2. The Hall–Kier alpha value is -0.530. The lowest BCUT2D eigenvalue weighted by Gasteiger charge is -2.11. The molecule has 1 heterocycles. The summed E-state index contributed by atoms with van der Waals surface area (Å²) in [5.74, 6) is 0. The largest absolute Gasteiger partial charge is 0.297 e. The minimum atomic E-state index is 1.02. The van der Waals surface area contributed by atoms with Crippen LogP contribution in [0.5, 0.6) is 0 Å². The van der Waals surface area contributed by atoms with Crippen LogP contribution in [0.4, 0.5) is 0 Å². The van der Waals surface area contributed by atoms with Gasteiger partial charge in [-0.25, -0.2) is 0 Å². The van der Waals surface area contributed by atoms with Gasteiger partial charge in [0.05, 0.1) is 0 Å². The molecule has 0 aromatic heterocycles. The van der Waals surface area contributed by atoms with Gasteiger partial charge in [-0.2, -0.15) is 5.10 Å². The predicted molar refractivity (Wildman–Crippen MR) is 39.3 cm³/mol. The Morgan fingerprint density at radius 2 is 2.56 bits per heavy atom. The maximum atomic E-state index is 4.15. The molecule has 2 nitrogen and oxygen atoms in total. The van der Waals surface area contributed by atoms with Gasteiger partial charge in [-0.15, -0.1) is 0 Å². The van der Waals surface area contributed by atoms with Gasteiger partial charge in [0.15, 0.2) is 0 Å². The van der Waals surface area contributed by atoms with Gasteiger partial charge in [-0.3, -0.25) is 5.01 Å². The van der Waals surface area contributed by atoms with Crippen molar-refractivity contribution in [3.63, 3.8) is 0 Å². The van der Waals surface area contributed by atoms with Gasteiger partial charge in [0.25, 0.3) is 0 Å². The first-order chi connectivity index (χ1) is 4.43. The first-order valence-electron chi connectivity index (χ1n) is 3.50. The van der Waals surface area contributed by atoms with Crippen LogP contribution < -0.4 is 0 Å². The monoisotopic (exact) mass is 125 g/mol. The van der Waals surface area contributed by atoms with Crippen molar-refractivity contribution >= 4 is 6.21 Å². The zero-order valence-electron chi connectivity index (χ0n) is 5.71. The molecule has 1 aliphatic rings. The van der Waals surface area contributed by atoms with E-state index in [1.54, 1.807) is 0 Å². The molecule has 0 N–H and O–H groups in total. The van der Waals surface area contributed by atoms with E-state index in [1.807, 2.05) is 6.21 Å². The Kier molecular flexibility index (Phi) is 2.55. The molecule has 2 heteroatoms. The minimum Gasteiger partial charge on any atom is -0.297 e. The minimum absolute atomic E-state index is 1.02. The number of unbranched alkanes of at least 4 members (excludes halogenated alkanes) is 1. The molecule has 51 valence electrons. The van der Waals surface area contributed by atoms with Crippen LogP contribution in [0.2, 0.25) is 0 Å². The van der Waals surface area contributed by atoms with Crippen molar-refractivity contribution in [3.8, 4) is 0 Å². The van der Waals surface area contributed by atoms with E-state index in [1.165, 1.54) is 0 Å². The summed E-state index contributed by atoms with van der Waals surface area (Å²) in [4.78, 5) is 0. The zero-order valence-corrected chi connectivity index (χ0v) is 5.71. The third-order valence-corrected chi connectivity index (χ3v) is 1.43. The van der Waals surface area contributed by atoms with Crippen LogP contribution in [0, 0.1) is 6.92 Å². The fourth-order valence-electron chi connectivity index (χ4n) is 0.902. The SMILES string of the molecule is [CH2]CCCN1CCC=N1. The topological polar surface area (TPSA) is 15.6 Å². The van der Waals surface area contributed by atoms with Crippen molar-refractivity contribution in [1.82, 2.24) is 5.01 Å². The number of nitrogens with zero attached hydrogens (tertiary/aromatic N) is 2. The summed E-state index contributed by atoms with van der Waals surface area (Å²) < 4.78 is 0. The Labute approximate surface area is 56.5 Å². The van der Waals surface area contributed by atoms with Crippen molar-refractivity contribution in [2.75, 3.05) is 13.1 Å². The van der Waals surface area contributed by atoms with Gasteiger partial charge in [-0.1, -0.05) is 13.3 Å². The lowest BCUT2D eigenvalue weighted by molar-refractivity contribution is 0.314. The lowest BCUT2D eigenvalue weighted by atomic mass is 10.3. The second-order valence-electron chi connectivity index (χ2n) is 2.25. The van der Waals surface area contributed by atoms with Gasteiger partial charge >= 0.3 is 0 Å². The summed E-state index contributed by atoms with van der Waals surface area (Å²) in [7, 11) is 0. The number of hydrogen-bond donors (Lipinski definition) is 0. The van der Waals surface area contributed by atoms with E-state index in [4.69, 9.17) is 0 Å². The highest BCUT2D eigenvalue weighted by Gasteiger charge is 2.02. The predicted octanol–water partition coefficient (Wildman–Crippen LogP) is 1.29. The molecule has 0 aromatic rings. The summed E-state index contributed by atoms with van der Waals surface area (Å²) in [6.45, 7) is 5.96. The molecular weight excluding hydrogens is 112 g/mol. The first-order valence-corrected chi connectivity index (χ1v) is 3.50. The van der Waals surface area contributed by atoms with Crippen molar-refractivity contribution in [1.29, 1.82) is 0 Å². The van der Waals surface area contributed by atoms with E-state index in [0.717, 1.165) is 32.4 Å². The molecule has 0 fully saturated rings. The highest BCUT2D eigenvalue weighted by atomic mass is 15.5. The van der Waals surface area contributed by atoms with Crippen LogP contribution >= 0.6 is 0 Å². The van der Waals surface area contributed by atoms with Gasteiger partial charge < -0.3 is 0 Å². The Bertz CT molecular complexity index is 99.1. The van der Waals surface area contributed by atoms with Crippen molar-refractivity contribution in [2.24, 2.45) is 5.10 Å². The maximum absolute atomic E-state index is 4.15. The molecule has 0 atom stereocenters. The second-order valence-corrected chi connectivity index (χ2v) is 2.25. The molecule has 0 saturated carbocycles. The van der Waals surface area contributed by atoms with Crippen LogP contribution in [0.1, 0.15) is 19.3 Å². The van der Waals surface area contributed by atoms with E-state index in [2.05, 4.69) is 17.0 Å². The zero-order chi connectivity index (χ0) is 6.53. The summed E-state index contributed by atoms with van der Waals surface area (Å²) in [6, 6.07) is 0. The van der Waals surface area contributed by atoms with Crippen LogP contribution in [0.25, 0.3) is 0 Å². The molecule has 0 saturated heterocycles. The molecular formula is C7H13N2. The molecule has 0 aliphatic carbocycles. The van der Waals surface area contributed by atoms with Crippen molar-refractivity contribution < 1.29 is 0 Å². The van der Waals surface area contributed by atoms with E-state index in [0.29, 0.717) is 0 Å². The van der Waals surface area contributed by atoms with Crippen LogP contribution in [0.15, 0.2) is 5.10 Å². The summed E-state index contributed by atoms with van der Waals surface area (Å²) in [5, 5.41) is 6.26.